The van der Waals surface area contributed by atoms with Gasteiger partial charge in [0.15, 0.2) is 5.25 Å². The highest BCUT2D eigenvalue weighted by molar-refractivity contribution is 7.90. The summed E-state index contributed by atoms with van der Waals surface area (Å²) in [7, 11) is -3.52. The number of rotatable bonds is 5. The van der Waals surface area contributed by atoms with Crippen LogP contribution in [0.5, 0.6) is 0 Å². The predicted molar refractivity (Wildman–Crippen MR) is 52.7 cm³/mol. The number of nitriles is 1. The zero-order valence-electron chi connectivity index (χ0n) is 8.10. The van der Waals surface area contributed by atoms with E-state index in [1.807, 2.05) is 0 Å². The SMILES string of the molecule is CC(C#N)S(=O)(=O)NC(CN)C1CC1. The maximum absolute atomic E-state index is 11.5. The molecule has 1 aliphatic carbocycles. The van der Waals surface area contributed by atoms with Crippen molar-refractivity contribution in [1.29, 1.82) is 5.26 Å². The molecule has 6 heteroatoms. The summed E-state index contributed by atoms with van der Waals surface area (Å²) in [6.45, 7) is 1.66. The molecule has 0 aliphatic heterocycles. The summed E-state index contributed by atoms with van der Waals surface area (Å²) < 4.78 is 25.4. The molecule has 2 atom stereocenters. The van der Waals surface area contributed by atoms with Gasteiger partial charge in [-0.15, -0.1) is 0 Å². The molecule has 0 bridgehead atoms. The smallest absolute Gasteiger partial charge is 0.227 e. The van der Waals surface area contributed by atoms with E-state index in [2.05, 4.69) is 4.72 Å². The third kappa shape index (κ3) is 2.67. The highest BCUT2D eigenvalue weighted by Crippen LogP contribution is 2.32. The van der Waals surface area contributed by atoms with Crippen LogP contribution in [0.25, 0.3) is 0 Å². The Morgan fingerprint density at radius 2 is 2.21 bits per heavy atom. The molecular formula is C8H15N3O2S. The number of hydrogen-bond donors (Lipinski definition) is 2. The Labute approximate surface area is 84.3 Å². The van der Waals surface area contributed by atoms with E-state index < -0.39 is 15.3 Å². The Balaban J connectivity index is 2.61. The molecule has 1 aliphatic rings. The number of hydrogen-bond acceptors (Lipinski definition) is 4. The minimum Gasteiger partial charge on any atom is -0.329 e. The molecule has 0 amide bonds. The van der Waals surface area contributed by atoms with E-state index in [1.54, 1.807) is 6.07 Å². The van der Waals surface area contributed by atoms with Crippen LogP contribution in [0.15, 0.2) is 0 Å². The summed E-state index contributed by atoms with van der Waals surface area (Å²) in [6.07, 6.45) is 2.04. The van der Waals surface area contributed by atoms with Crippen molar-refractivity contribution in [2.75, 3.05) is 6.54 Å². The van der Waals surface area contributed by atoms with Crippen LogP contribution in [-0.2, 0) is 10.0 Å². The molecule has 0 aromatic heterocycles. The first-order valence-electron chi connectivity index (χ1n) is 4.62. The summed E-state index contributed by atoms with van der Waals surface area (Å²) >= 11 is 0. The molecule has 1 fully saturated rings. The fourth-order valence-electron chi connectivity index (χ4n) is 1.22. The second kappa shape index (κ2) is 4.26. The number of sulfonamides is 1. The molecule has 0 heterocycles. The third-order valence-electron chi connectivity index (χ3n) is 2.41. The fraction of sp³-hybridized carbons (Fsp3) is 0.875. The Bertz CT molecular complexity index is 329. The van der Waals surface area contributed by atoms with Crippen molar-refractivity contribution in [3.05, 3.63) is 0 Å². The average Bonchev–Trinajstić information content (AvgIpc) is 2.96. The number of nitrogens with one attached hydrogen (secondary N) is 1. The van der Waals surface area contributed by atoms with E-state index in [0.29, 0.717) is 12.5 Å². The van der Waals surface area contributed by atoms with E-state index in [-0.39, 0.29) is 6.04 Å². The van der Waals surface area contributed by atoms with Gasteiger partial charge in [-0.1, -0.05) is 0 Å². The van der Waals surface area contributed by atoms with Crippen LogP contribution in [0, 0.1) is 17.2 Å². The van der Waals surface area contributed by atoms with Gasteiger partial charge in [0.25, 0.3) is 0 Å². The highest BCUT2D eigenvalue weighted by atomic mass is 32.2. The van der Waals surface area contributed by atoms with Gasteiger partial charge in [0, 0.05) is 12.6 Å². The van der Waals surface area contributed by atoms with Crippen LogP contribution < -0.4 is 10.5 Å². The van der Waals surface area contributed by atoms with Crippen molar-refractivity contribution >= 4 is 10.0 Å². The lowest BCUT2D eigenvalue weighted by molar-refractivity contribution is 0.516. The molecule has 5 nitrogen and oxygen atoms in total. The molecule has 0 radical (unpaired) electrons. The lowest BCUT2D eigenvalue weighted by Gasteiger charge is -2.16. The summed E-state index contributed by atoms with van der Waals surface area (Å²) in [5.41, 5.74) is 5.45. The molecule has 1 rings (SSSR count). The standard InChI is InChI=1S/C8H15N3O2S/c1-6(4-9)14(12,13)11-8(5-10)7-2-3-7/h6-8,11H,2-3,5,10H2,1H3. The van der Waals surface area contributed by atoms with Gasteiger partial charge >= 0.3 is 0 Å². The zero-order valence-corrected chi connectivity index (χ0v) is 8.92. The number of nitrogens with zero attached hydrogens (tertiary/aromatic N) is 1. The quantitative estimate of drug-likeness (QED) is 0.652. The first-order valence-corrected chi connectivity index (χ1v) is 6.16. The van der Waals surface area contributed by atoms with Crippen LogP contribution in [0.1, 0.15) is 19.8 Å². The normalized spacial score (nSPS) is 21.2. The fourth-order valence-corrected chi connectivity index (χ4v) is 2.27. The van der Waals surface area contributed by atoms with Gasteiger partial charge in [-0.05, 0) is 25.7 Å². The molecule has 0 aromatic carbocycles. The van der Waals surface area contributed by atoms with E-state index >= 15 is 0 Å². The molecular weight excluding hydrogens is 202 g/mol. The Morgan fingerprint density at radius 3 is 2.57 bits per heavy atom. The highest BCUT2D eigenvalue weighted by Gasteiger charge is 2.34. The molecule has 14 heavy (non-hydrogen) atoms. The molecule has 0 saturated heterocycles. The summed E-state index contributed by atoms with van der Waals surface area (Å²) in [4.78, 5) is 0. The maximum atomic E-state index is 11.5. The zero-order chi connectivity index (χ0) is 10.8. The largest absolute Gasteiger partial charge is 0.329 e. The average molecular weight is 217 g/mol. The van der Waals surface area contributed by atoms with Gasteiger partial charge < -0.3 is 5.73 Å². The van der Waals surface area contributed by atoms with Crippen molar-refractivity contribution in [3.63, 3.8) is 0 Å². The molecule has 3 N–H and O–H groups in total. The lowest BCUT2D eigenvalue weighted by Crippen LogP contribution is -2.44. The molecule has 0 aromatic rings. The second-order valence-electron chi connectivity index (χ2n) is 3.61. The van der Waals surface area contributed by atoms with E-state index in [1.165, 1.54) is 6.92 Å². The Morgan fingerprint density at radius 1 is 1.64 bits per heavy atom. The van der Waals surface area contributed by atoms with Crippen LogP contribution in [-0.4, -0.2) is 26.3 Å². The van der Waals surface area contributed by atoms with Gasteiger partial charge in [-0.3, -0.25) is 0 Å². The topological polar surface area (TPSA) is 96.0 Å². The van der Waals surface area contributed by atoms with Crippen LogP contribution in [0.2, 0.25) is 0 Å². The van der Waals surface area contributed by atoms with Crippen molar-refractivity contribution in [3.8, 4) is 6.07 Å². The van der Waals surface area contributed by atoms with Crippen LogP contribution in [0.4, 0.5) is 0 Å². The van der Waals surface area contributed by atoms with Crippen molar-refractivity contribution in [2.24, 2.45) is 11.7 Å². The van der Waals surface area contributed by atoms with Gasteiger partial charge in [0.2, 0.25) is 10.0 Å². The Kier molecular flexibility index (Phi) is 3.48. The molecule has 2 unspecified atom stereocenters. The van der Waals surface area contributed by atoms with Crippen molar-refractivity contribution in [1.82, 2.24) is 4.72 Å². The van der Waals surface area contributed by atoms with E-state index in [4.69, 9.17) is 11.0 Å². The van der Waals surface area contributed by atoms with Crippen molar-refractivity contribution < 1.29 is 8.42 Å². The first kappa shape index (κ1) is 11.4. The maximum Gasteiger partial charge on any atom is 0.227 e. The molecule has 0 spiro atoms. The van der Waals surface area contributed by atoms with Gasteiger partial charge in [-0.25, -0.2) is 13.1 Å². The molecule has 80 valence electrons. The molecule has 1 saturated carbocycles. The van der Waals surface area contributed by atoms with Crippen LogP contribution in [0.3, 0.4) is 0 Å². The second-order valence-corrected chi connectivity index (χ2v) is 5.65. The van der Waals surface area contributed by atoms with Crippen LogP contribution >= 0.6 is 0 Å². The first-order chi connectivity index (χ1) is 6.51. The minimum absolute atomic E-state index is 0.198. The van der Waals surface area contributed by atoms with E-state index in [0.717, 1.165) is 12.8 Å². The predicted octanol–water partition coefficient (Wildman–Crippen LogP) is -0.445. The monoisotopic (exact) mass is 217 g/mol. The van der Waals surface area contributed by atoms with Gasteiger partial charge in [0.05, 0.1) is 6.07 Å². The van der Waals surface area contributed by atoms with Gasteiger partial charge in [0.1, 0.15) is 0 Å². The van der Waals surface area contributed by atoms with Crippen molar-refractivity contribution in [2.45, 2.75) is 31.1 Å². The summed E-state index contributed by atoms with van der Waals surface area (Å²) in [6, 6.07) is 1.50. The Hall–Kier alpha value is -0.640. The van der Waals surface area contributed by atoms with E-state index in [9.17, 15) is 8.42 Å². The summed E-state index contributed by atoms with van der Waals surface area (Å²) in [5.74, 6) is 0.362. The van der Waals surface area contributed by atoms with Gasteiger partial charge in [-0.2, -0.15) is 5.26 Å². The lowest BCUT2D eigenvalue weighted by atomic mass is 10.2. The summed E-state index contributed by atoms with van der Waals surface area (Å²) in [5, 5.41) is 7.49. The minimum atomic E-state index is -3.52. The number of nitrogens with two attached hydrogens (primary N) is 1. The third-order valence-corrected chi connectivity index (χ3v) is 4.08.